The second kappa shape index (κ2) is 5.99. The zero-order chi connectivity index (χ0) is 13.0. The normalized spacial score (nSPS) is 25.4. The van der Waals surface area contributed by atoms with Crippen molar-refractivity contribution in [1.29, 1.82) is 5.26 Å². The van der Waals surface area contributed by atoms with E-state index in [0.717, 1.165) is 12.1 Å². The molecule has 0 bridgehead atoms. The van der Waals surface area contributed by atoms with E-state index < -0.39 is 0 Å². The van der Waals surface area contributed by atoms with Crippen LogP contribution in [0.3, 0.4) is 0 Å². The molecule has 1 aromatic rings. The predicted molar refractivity (Wildman–Crippen MR) is 72.9 cm³/mol. The fourth-order valence-electron chi connectivity index (χ4n) is 2.99. The van der Waals surface area contributed by atoms with Crippen LogP contribution in [-0.4, -0.2) is 25.0 Å². The van der Waals surface area contributed by atoms with Crippen molar-refractivity contribution in [3.63, 3.8) is 0 Å². The van der Waals surface area contributed by atoms with E-state index in [1.807, 2.05) is 18.2 Å². The van der Waals surface area contributed by atoms with Crippen molar-refractivity contribution in [1.82, 2.24) is 4.90 Å². The summed E-state index contributed by atoms with van der Waals surface area (Å²) in [6.45, 7) is 1.82. The fourth-order valence-corrected chi connectivity index (χ4v) is 2.99. The standard InChI is InChI=1S/C15H21N3/c1-18-8-3-2-6-14(11-17)15(18)13-7-4-5-12(9-13)10-16/h4-5,7,9,14-15H,2-3,6,8,11,17H2,1H3. The van der Waals surface area contributed by atoms with Gasteiger partial charge in [0.05, 0.1) is 11.6 Å². The van der Waals surface area contributed by atoms with Gasteiger partial charge in [-0.1, -0.05) is 18.6 Å². The number of nitriles is 1. The van der Waals surface area contributed by atoms with Gasteiger partial charge in [-0.25, -0.2) is 0 Å². The third kappa shape index (κ3) is 2.72. The Balaban J connectivity index is 2.33. The molecule has 2 unspecified atom stereocenters. The SMILES string of the molecule is CN1CCCCC(CN)C1c1cccc(C#N)c1. The number of nitrogens with zero attached hydrogens (tertiary/aromatic N) is 2. The summed E-state index contributed by atoms with van der Waals surface area (Å²) in [4.78, 5) is 2.39. The molecule has 0 aromatic heterocycles. The van der Waals surface area contributed by atoms with Gasteiger partial charge in [-0.2, -0.15) is 5.26 Å². The molecule has 2 rings (SSSR count). The highest BCUT2D eigenvalue weighted by Crippen LogP contribution is 2.33. The molecule has 2 N–H and O–H groups in total. The number of rotatable bonds is 2. The topological polar surface area (TPSA) is 53.0 Å². The smallest absolute Gasteiger partial charge is 0.0991 e. The minimum Gasteiger partial charge on any atom is -0.330 e. The largest absolute Gasteiger partial charge is 0.330 e. The first-order valence-corrected chi connectivity index (χ1v) is 6.66. The van der Waals surface area contributed by atoms with Gasteiger partial charge in [-0.3, -0.25) is 4.90 Å². The quantitative estimate of drug-likeness (QED) is 0.867. The van der Waals surface area contributed by atoms with Crippen LogP contribution in [0.1, 0.15) is 36.4 Å². The van der Waals surface area contributed by atoms with Crippen molar-refractivity contribution in [2.45, 2.75) is 25.3 Å². The van der Waals surface area contributed by atoms with Crippen LogP contribution in [0.25, 0.3) is 0 Å². The molecular formula is C15H21N3. The molecule has 1 fully saturated rings. The molecule has 0 aliphatic carbocycles. The highest BCUT2D eigenvalue weighted by molar-refractivity contribution is 5.34. The molecule has 0 radical (unpaired) electrons. The summed E-state index contributed by atoms with van der Waals surface area (Å²) < 4.78 is 0. The van der Waals surface area contributed by atoms with E-state index in [-0.39, 0.29) is 0 Å². The number of nitrogens with two attached hydrogens (primary N) is 1. The minimum absolute atomic E-state index is 0.353. The number of hydrogen-bond acceptors (Lipinski definition) is 3. The Hall–Kier alpha value is -1.37. The van der Waals surface area contributed by atoms with E-state index in [1.54, 1.807) is 0 Å². The van der Waals surface area contributed by atoms with Crippen LogP contribution in [0.5, 0.6) is 0 Å². The Morgan fingerprint density at radius 2 is 2.28 bits per heavy atom. The van der Waals surface area contributed by atoms with Gasteiger partial charge in [-0.05, 0) is 56.6 Å². The molecule has 0 saturated carbocycles. The Kier molecular flexibility index (Phi) is 4.35. The minimum atomic E-state index is 0.353. The van der Waals surface area contributed by atoms with E-state index in [4.69, 9.17) is 11.0 Å². The molecule has 2 atom stereocenters. The number of benzene rings is 1. The average Bonchev–Trinajstić information content (AvgIpc) is 2.60. The highest BCUT2D eigenvalue weighted by atomic mass is 15.1. The zero-order valence-corrected chi connectivity index (χ0v) is 11.0. The van der Waals surface area contributed by atoms with Crippen LogP contribution in [0.15, 0.2) is 24.3 Å². The number of likely N-dealkylation sites (tertiary alicyclic amines) is 1. The second-order valence-electron chi connectivity index (χ2n) is 5.15. The molecule has 0 spiro atoms. The maximum atomic E-state index is 9.02. The third-order valence-corrected chi connectivity index (χ3v) is 3.92. The van der Waals surface area contributed by atoms with Gasteiger partial charge in [0.15, 0.2) is 0 Å². The van der Waals surface area contributed by atoms with Crippen LogP contribution < -0.4 is 5.73 Å². The van der Waals surface area contributed by atoms with Gasteiger partial charge in [0, 0.05) is 6.04 Å². The first-order valence-electron chi connectivity index (χ1n) is 6.66. The van der Waals surface area contributed by atoms with Crippen molar-refractivity contribution >= 4 is 0 Å². The van der Waals surface area contributed by atoms with Gasteiger partial charge in [0.25, 0.3) is 0 Å². The summed E-state index contributed by atoms with van der Waals surface area (Å²) >= 11 is 0. The Morgan fingerprint density at radius 3 is 3.00 bits per heavy atom. The molecule has 1 aliphatic rings. The molecule has 1 aliphatic heterocycles. The van der Waals surface area contributed by atoms with Crippen LogP contribution in [0.4, 0.5) is 0 Å². The molecule has 3 nitrogen and oxygen atoms in total. The summed E-state index contributed by atoms with van der Waals surface area (Å²) in [5.74, 6) is 0.492. The van der Waals surface area contributed by atoms with Gasteiger partial charge >= 0.3 is 0 Å². The maximum absolute atomic E-state index is 9.02. The highest BCUT2D eigenvalue weighted by Gasteiger charge is 2.28. The van der Waals surface area contributed by atoms with Gasteiger partial charge in [0.1, 0.15) is 0 Å². The molecule has 1 aromatic carbocycles. The number of hydrogen-bond donors (Lipinski definition) is 1. The second-order valence-corrected chi connectivity index (χ2v) is 5.15. The Labute approximate surface area is 109 Å². The molecule has 96 valence electrons. The van der Waals surface area contributed by atoms with E-state index in [0.29, 0.717) is 18.5 Å². The summed E-state index contributed by atoms with van der Waals surface area (Å²) in [5, 5.41) is 9.02. The lowest BCUT2D eigenvalue weighted by molar-refractivity contribution is 0.196. The predicted octanol–water partition coefficient (Wildman–Crippen LogP) is 2.29. The molecular weight excluding hydrogens is 222 g/mol. The molecule has 1 heterocycles. The molecule has 3 heteroatoms. The first kappa shape index (κ1) is 13.1. The Morgan fingerprint density at radius 1 is 1.44 bits per heavy atom. The van der Waals surface area contributed by atoms with Gasteiger partial charge in [-0.15, -0.1) is 0 Å². The zero-order valence-electron chi connectivity index (χ0n) is 11.0. The third-order valence-electron chi connectivity index (χ3n) is 3.92. The fraction of sp³-hybridized carbons (Fsp3) is 0.533. The summed E-state index contributed by atoms with van der Waals surface area (Å²) in [6, 6.07) is 10.5. The van der Waals surface area contributed by atoms with Crippen molar-refractivity contribution in [2.24, 2.45) is 11.7 Å². The first-order chi connectivity index (χ1) is 8.76. The van der Waals surface area contributed by atoms with Crippen LogP contribution in [0.2, 0.25) is 0 Å². The summed E-state index contributed by atoms with van der Waals surface area (Å²) in [5.41, 5.74) is 7.91. The summed E-state index contributed by atoms with van der Waals surface area (Å²) in [7, 11) is 2.16. The van der Waals surface area contributed by atoms with Gasteiger partial charge < -0.3 is 5.73 Å². The van der Waals surface area contributed by atoms with Crippen molar-refractivity contribution in [3.8, 4) is 6.07 Å². The van der Waals surface area contributed by atoms with E-state index in [2.05, 4.69) is 24.1 Å². The van der Waals surface area contributed by atoms with Crippen molar-refractivity contribution in [3.05, 3.63) is 35.4 Å². The molecule has 18 heavy (non-hydrogen) atoms. The van der Waals surface area contributed by atoms with E-state index in [9.17, 15) is 0 Å². The lowest BCUT2D eigenvalue weighted by Crippen LogP contribution is -2.33. The monoisotopic (exact) mass is 243 g/mol. The van der Waals surface area contributed by atoms with Crippen LogP contribution in [-0.2, 0) is 0 Å². The van der Waals surface area contributed by atoms with Gasteiger partial charge in [0.2, 0.25) is 0 Å². The Bertz CT molecular complexity index is 436. The van der Waals surface area contributed by atoms with Crippen molar-refractivity contribution in [2.75, 3.05) is 20.1 Å². The average molecular weight is 243 g/mol. The molecule has 1 saturated heterocycles. The van der Waals surface area contributed by atoms with Crippen molar-refractivity contribution < 1.29 is 0 Å². The summed E-state index contributed by atoms with van der Waals surface area (Å²) in [6.07, 6.45) is 3.67. The van der Waals surface area contributed by atoms with E-state index >= 15 is 0 Å². The molecule has 0 amide bonds. The van der Waals surface area contributed by atoms with Crippen LogP contribution in [0, 0.1) is 17.2 Å². The lowest BCUT2D eigenvalue weighted by atomic mass is 9.89. The van der Waals surface area contributed by atoms with E-state index in [1.165, 1.54) is 24.8 Å². The maximum Gasteiger partial charge on any atom is 0.0991 e. The lowest BCUT2D eigenvalue weighted by Gasteiger charge is -2.32. The van der Waals surface area contributed by atoms with Crippen LogP contribution >= 0.6 is 0 Å².